The number of carbonyl (C=O) groups is 1. The Labute approximate surface area is 194 Å². The number of rotatable bonds is 7. The van der Waals surface area contributed by atoms with Crippen molar-refractivity contribution in [2.45, 2.75) is 20.1 Å². The van der Waals surface area contributed by atoms with Gasteiger partial charge in [-0.3, -0.25) is 9.48 Å². The molecule has 0 fully saturated rings. The molecule has 33 heavy (non-hydrogen) atoms. The minimum Gasteiger partial charge on any atom is -0.471 e. The minimum absolute atomic E-state index is 0.102. The first-order valence-corrected chi connectivity index (χ1v) is 10.5. The maximum atomic E-state index is 13.2. The lowest BCUT2D eigenvalue weighted by Crippen LogP contribution is -2.13. The molecule has 1 heterocycles. The number of nitrogens with zero attached hydrogens (tertiary/aromatic N) is 2. The van der Waals surface area contributed by atoms with Crippen molar-refractivity contribution in [1.82, 2.24) is 9.78 Å². The summed E-state index contributed by atoms with van der Waals surface area (Å²) in [5.41, 5.74) is 3.17. The Kier molecular flexibility index (Phi) is 6.70. The van der Waals surface area contributed by atoms with Gasteiger partial charge in [0, 0.05) is 16.9 Å². The van der Waals surface area contributed by atoms with Crippen molar-refractivity contribution in [2.24, 2.45) is 0 Å². The van der Waals surface area contributed by atoms with E-state index in [1.54, 1.807) is 47.3 Å². The molecule has 5 nitrogen and oxygen atoms in total. The number of benzene rings is 3. The van der Waals surface area contributed by atoms with Gasteiger partial charge < -0.3 is 10.1 Å². The van der Waals surface area contributed by atoms with Crippen molar-refractivity contribution in [3.05, 3.63) is 112 Å². The van der Waals surface area contributed by atoms with Gasteiger partial charge in [-0.25, -0.2) is 8.78 Å². The second-order valence-electron chi connectivity index (χ2n) is 7.50. The van der Waals surface area contributed by atoms with Crippen LogP contribution < -0.4 is 10.1 Å². The summed E-state index contributed by atoms with van der Waals surface area (Å²) < 4.78 is 33.8. The second kappa shape index (κ2) is 9.83. The zero-order chi connectivity index (χ0) is 23.4. The normalized spacial score (nSPS) is 10.8. The molecule has 0 bridgehead atoms. The van der Waals surface area contributed by atoms with Crippen LogP contribution in [0.1, 0.15) is 27.0 Å². The summed E-state index contributed by atoms with van der Waals surface area (Å²) >= 11 is 6.07. The zero-order valence-electron chi connectivity index (χ0n) is 17.7. The second-order valence-corrected chi connectivity index (χ2v) is 7.94. The van der Waals surface area contributed by atoms with Crippen LogP contribution in [0.5, 0.6) is 5.88 Å². The van der Waals surface area contributed by atoms with Gasteiger partial charge in [-0.2, -0.15) is 0 Å². The number of aromatic nitrogens is 2. The topological polar surface area (TPSA) is 56.2 Å². The highest BCUT2D eigenvalue weighted by molar-refractivity contribution is 6.31. The van der Waals surface area contributed by atoms with Gasteiger partial charge in [0.25, 0.3) is 5.91 Å². The Morgan fingerprint density at radius 3 is 2.30 bits per heavy atom. The molecule has 0 saturated carbocycles. The fourth-order valence-electron chi connectivity index (χ4n) is 3.17. The Hall–Kier alpha value is -3.71. The molecule has 3 aromatic carbocycles. The Morgan fingerprint density at radius 1 is 1.00 bits per heavy atom. The number of carbonyl (C=O) groups excluding carboxylic acids is 1. The predicted molar refractivity (Wildman–Crippen MR) is 123 cm³/mol. The van der Waals surface area contributed by atoms with Gasteiger partial charge in [0.1, 0.15) is 23.8 Å². The van der Waals surface area contributed by atoms with Gasteiger partial charge >= 0.3 is 0 Å². The monoisotopic (exact) mass is 467 g/mol. The summed E-state index contributed by atoms with van der Waals surface area (Å²) in [6.45, 7) is 2.27. The third-order valence-corrected chi connectivity index (χ3v) is 5.20. The van der Waals surface area contributed by atoms with Crippen LogP contribution in [0.2, 0.25) is 5.02 Å². The molecule has 0 aliphatic heterocycles. The number of hydrogen-bond donors (Lipinski definition) is 1. The largest absolute Gasteiger partial charge is 0.471 e. The molecule has 0 unspecified atom stereocenters. The maximum absolute atomic E-state index is 13.2. The van der Waals surface area contributed by atoms with Crippen LogP contribution >= 0.6 is 11.6 Å². The molecule has 1 aromatic heterocycles. The molecule has 1 N–H and O–H groups in total. The molecular formula is C25H20ClF2N3O2. The summed E-state index contributed by atoms with van der Waals surface area (Å²) in [5.74, 6) is -0.975. The SMILES string of the molecule is Cc1ccc(Cl)cc1NC(=O)c1cn(Cc2ccc(F)cc2)nc1OCc1ccc(F)cc1. The molecule has 0 atom stereocenters. The summed E-state index contributed by atoms with van der Waals surface area (Å²) in [6.07, 6.45) is 1.57. The first-order chi connectivity index (χ1) is 15.9. The number of anilines is 1. The molecule has 0 saturated heterocycles. The van der Waals surface area contributed by atoms with E-state index in [4.69, 9.17) is 16.3 Å². The lowest BCUT2D eigenvalue weighted by Gasteiger charge is -2.09. The van der Waals surface area contributed by atoms with Crippen LogP contribution in [0.3, 0.4) is 0 Å². The summed E-state index contributed by atoms with van der Waals surface area (Å²) in [4.78, 5) is 13.1. The Bertz CT molecular complexity index is 1270. The molecule has 0 spiro atoms. The summed E-state index contributed by atoms with van der Waals surface area (Å²) in [6, 6.07) is 17.1. The number of amides is 1. The molecule has 8 heteroatoms. The number of nitrogens with one attached hydrogen (secondary N) is 1. The van der Waals surface area contributed by atoms with Crippen LogP contribution in [0.4, 0.5) is 14.5 Å². The van der Waals surface area contributed by atoms with E-state index < -0.39 is 5.91 Å². The summed E-state index contributed by atoms with van der Waals surface area (Å²) in [7, 11) is 0. The van der Waals surface area contributed by atoms with Crippen molar-refractivity contribution < 1.29 is 18.3 Å². The Balaban J connectivity index is 1.59. The van der Waals surface area contributed by atoms with Crippen molar-refractivity contribution in [3.8, 4) is 5.88 Å². The number of hydrogen-bond acceptors (Lipinski definition) is 3. The molecule has 4 aromatic rings. The fraction of sp³-hybridized carbons (Fsp3) is 0.120. The first kappa shape index (κ1) is 22.5. The van der Waals surface area contributed by atoms with Gasteiger partial charge in [0.05, 0.1) is 6.54 Å². The highest BCUT2D eigenvalue weighted by atomic mass is 35.5. The van der Waals surface area contributed by atoms with E-state index in [0.29, 0.717) is 17.3 Å². The van der Waals surface area contributed by atoms with Gasteiger partial charge in [0.2, 0.25) is 5.88 Å². The maximum Gasteiger partial charge on any atom is 0.262 e. The molecule has 0 radical (unpaired) electrons. The number of ether oxygens (including phenoxy) is 1. The predicted octanol–water partition coefficient (Wildman–Crippen LogP) is 6.00. The van der Waals surface area contributed by atoms with Crippen LogP contribution in [0, 0.1) is 18.6 Å². The average Bonchev–Trinajstić information content (AvgIpc) is 3.20. The van der Waals surface area contributed by atoms with Gasteiger partial charge in [0.15, 0.2) is 0 Å². The lowest BCUT2D eigenvalue weighted by molar-refractivity contribution is 0.102. The van der Waals surface area contributed by atoms with E-state index in [-0.39, 0.29) is 29.7 Å². The van der Waals surface area contributed by atoms with E-state index in [1.807, 2.05) is 13.0 Å². The molecule has 0 aliphatic carbocycles. The van der Waals surface area contributed by atoms with E-state index in [1.165, 1.54) is 24.3 Å². The fourth-order valence-corrected chi connectivity index (χ4v) is 3.35. The van der Waals surface area contributed by atoms with Gasteiger partial charge in [-0.15, -0.1) is 5.10 Å². The van der Waals surface area contributed by atoms with Crippen LogP contribution in [0.25, 0.3) is 0 Å². The van der Waals surface area contributed by atoms with E-state index in [2.05, 4.69) is 10.4 Å². The third-order valence-electron chi connectivity index (χ3n) is 4.97. The molecule has 1 amide bonds. The number of halogens is 3. The van der Waals surface area contributed by atoms with E-state index in [9.17, 15) is 13.6 Å². The van der Waals surface area contributed by atoms with Gasteiger partial charge in [-0.05, 0) is 60.0 Å². The summed E-state index contributed by atoms with van der Waals surface area (Å²) in [5, 5.41) is 7.74. The molecule has 168 valence electrons. The van der Waals surface area contributed by atoms with Crippen LogP contribution in [-0.2, 0) is 13.2 Å². The third kappa shape index (κ3) is 5.75. The average molecular weight is 468 g/mol. The molecule has 0 aliphatic rings. The van der Waals surface area contributed by atoms with Crippen molar-refractivity contribution >= 4 is 23.2 Å². The molecular weight excluding hydrogens is 448 g/mol. The smallest absolute Gasteiger partial charge is 0.262 e. The molecule has 4 rings (SSSR count). The Morgan fingerprint density at radius 2 is 1.64 bits per heavy atom. The lowest BCUT2D eigenvalue weighted by atomic mass is 10.2. The van der Waals surface area contributed by atoms with Crippen LogP contribution in [-0.4, -0.2) is 15.7 Å². The van der Waals surface area contributed by atoms with Gasteiger partial charge in [-0.1, -0.05) is 41.9 Å². The first-order valence-electron chi connectivity index (χ1n) is 10.1. The zero-order valence-corrected chi connectivity index (χ0v) is 18.4. The highest BCUT2D eigenvalue weighted by Crippen LogP contribution is 2.24. The quantitative estimate of drug-likeness (QED) is 0.362. The van der Waals surface area contributed by atoms with Crippen molar-refractivity contribution in [3.63, 3.8) is 0 Å². The van der Waals surface area contributed by atoms with E-state index >= 15 is 0 Å². The number of aryl methyl sites for hydroxylation is 1. The van der Waals surface area contributed by atoms with Crippen LogP contribution in [0.15, 0.2) is 72.9 Å². The minimum atomic E-state index is -0.417. The highest BCUT2D eigenvalue weighted by Gasteiger charge is 2.19. The van der Waals surface area contributed by atoms with E-state index in [0.717, 1.165) is 16.7 Å². The standard InChI is InChI=1S/C25H20ClF2N3O2/c1-16-2-7-19(26)12-23(16)29-24(32)22-14-31(13-17-3-8-20(27)9-4-17)30-25(22)33-15-18-5-10-21(28)11-6-18/h2-12,14H,13,15H2,1H3,(H,29,32). The van der Waals surface area contributed by atoms with Crippen molar-refractivity contribution in [1.29, 1.82) is 0 Å². The van der Waals surface area contributed by atoms with Crippen molar-refractivity contribution in [2.75, 3.05) is 5.32 Å².